The largest absolute Gasteiger partial charge is 0.481 e. The quantitative estimate of drug-likeness (QED) is 0.469. The Bertz CT molecular complexity index is 323. The van der Waals surface area contributed by atoms with Gasteiger partial charge in [0.1, 0.15) is 0 Å². The van der Waals surface area contributed by atoms with Crippen LogP contribution in [0.5, 0.6) is 0 Å². The fourth-order valence-corrected chi connectivity index (χ4v) is 2.88. The minimum atomic E-state index is -0.745. The van der Waals surface area contributed by atoms with Crippen molar-refractivity contribution < 1.29 is 14.7 Å². The second-order valence-electron chi connectivity index (χ2n) is 4.64. The Morgan fingerprint density at radius 3 is 2.84 bits per heavy atom. The standard InChI is InChI=1S/C13H22N2O3S/c1-2-7-19-8-6-14-13(18)15-9-10-4-3-5-11(10)12(16)17/h2,10-11H,1,3-9H2,(H,16,17)(H2,14,15,18). The van der Waals surface area contributed by atoms with Crippen LogP contribution < -0.4 is 10.6 Å². The minimum Gasteiger partial charge on any atom is -0.481 e. The molecule has 0 bridgehead atoms. The first-order chi connectivity index (χ1) is 9.15. The van der Waals surface area contributed by atoms with Crippen molar-refractivity contribution in [3.05, 3.63) is 12.7 Å². The van der Waals surface area contributed by atoms with Crippen LogP contribution in [0.1, 0.15) is 19.3 Å². The molecule has 2 unspecified atom stereocenters. The maximum absolute atomic E-state index is 11.5. The summed E-state index contributed by atoms with van der Waals surface area (Å²) in [6.45, 7) is 4.68. The van der Waals surface area contributed by atoms with Crippen LogP contribution in [0.3, 0.4) is 0 Å². The van der Waals surface area contributed by atoms with E-state index in [0.717, 1.165) is 30.8 Å². The number of carboxylic acids is 1. The van der Waals surface area contributed by atoms with Crippen LogP contribution in [0.15, 0.2) is 12.7 Å². The Morgan fingerprint density at radius 2 is 2.16 bits per heavy atom. The van der Waals surface area contributed by atoms with Crippen LogP contribution in [-0.4, -0.2) is 41.7 Å². The van der Waals surface area contributed by atoms with Gasteiger partial charge in [0.2, 0.25) is 0 Å². The summed E-state index contributed by atoms with van der Waals surface area (Å²) >= 11 is 1.70. The number of hydrogen-bond donors (Lipinski definition) is 3. The highest BCUT2D eigenvalue weighted by molar-refractivity contribution is 7.99. The van der Waals surface area contributed by atoms with E-state index in [1.807, 2.05) is 6.08 Å². The molecule has 108 valence electrons. The lowest BCUT2D eigenvalue weighted by Gasteiger charge is -2.16. The van der Waals surface area contributed by atoms with E-state index in [4.69, 9.17) is 5.11 Å². The minimum absolute atomic E-state index is 0.0680. The van der Waals surface area contributed by atoms with Crippen molar-refractivity contribution in [1.82, 2.24) is 10.6 Å². The fourth-order valence-electron chi connectivity index (χ4n) is 2.30. The Hall–Kier alpha value is -1.17. The average Bonchev–Trinajstić information content (AvgIpc) is 2.84. The predicted octanol–water partition coefficient (Wildman–Crippen LogP) is 1.71. The van der Waals surface area contributed by atoms with Gasteiger partial charge in [0.25, 0.3) is 0 Å². The highest BCUT2D eigenvalue weighted by Crippen LogP contribution is 2.31. The van der Waals surface area contributed by atoms with Gasteiger partial charge in [-0.1, -0.05) is 12.5 Å². The van der Waals surface area contributed by atoms with Crippen molar-refractivity contribution in [2.45, 2.75) is 19.3 Å². The van der Waals surface area contributed by atoms with E-state index < -0.39 is 5.97 Å². The van der Waals surface area contributed by atoms with Gasteiger partial charge in [-0.05, 0) is 18.8 Å². The predicted molar refractivity (Wildman–Crippen MR) is 77.4 cm³/mol. The first-order valence-corrected chi connectivity index (χ1v) is 7.73. The molecule has 1 aliphatic carbocycles. The van der Waals surface area contributed by atoms with Crippen molar-refractivity contribution in [2.24, 2.45) is 11.8 Å². The molecule has 0 aromatic carbocycles. The van der Waals surface area contributed by atoms with Crippen LogP contribution in [-0.2, 0) is 4.79 Å². The summed E-state index contributed by atoms with van der Waals surface area (Å²) in [6, 6.07) is -0.213. The number of thioether (sulfide) groups is 1. The lowest BCUT2D eigenvalue weighted by molar-refractivity contribution is -0.142. The Morgan fingerprint density at radius 1 is 1.37 bits per heavy atom. The monoisotopic (exact) mass is 286 g/mol. The van der Waals surface area contributed by atoms with Crippen LogP contribution in [0.25, 0.3) is 0 Å². The number of hydrogen-bond acceptors (Lipinski definition) is 3. The second kappa shape index (κ2) is 8.85. The van der Waals surface area contributed by atoms with E-state index in [-0.39, 0.29) is 17.9 Å². The number of amides is 2. The SMILES string of the molecule is C=CCSCCNC(=O)NCC1CCCC1C(=O)O. The molecule has 19 heavy (non-hydrogen) atoms. The molecule has 5 nitrogen and oxygen atoms in total. The lowest BCUT2D eigenvalue weighted by atomic mass is 9.96. The van der Waals surface area contributed by atoms with Gasteiger partial charge in [0.05, 0.1) is 5.92 Å². The van der Waals surface area contributed by atoms with Crippen LogP contribution in [0.2, 0.25) is 0 Å². The van der Waals surface area contributed by atoms with Gasteiger partial charge in [0, 0.05) is 24.6 Å². The fraction of sp³-hybridized carbons (Fsp3) is 0.692. The van der Waals surface area contributed by atoms with E-state index in [9.17, 15) is 9.59 Å². The molecule has 0 aromatic rings. The first-order valence-electron chi connectivity index (χ1n) is 6.58. The molecule has 0 radical (unpaired) electrons. The van der Waals surface area contributed by atoms with E-state index in [0.29, 0.717) is 13.1 Å². The molecule has 1 aliphatic rings. The Labute approximate surface area is 118 Å². The smallest absolute Gasteiger partial charge is 0.314 e. The summed E-state index contributed by atoms with van der Waals surface area (Å²) in [6.07, 6.45) is 4.37. The van der Waals surface area contributed by atoms with E-state index in [1.165, 1.54) is 0 Å². The summed E-state index contributed by atoms with van der Waals surface area (Å²) in [4.78, 5) is 22.5. The molecule has 1 rings (SSSR count). The molecule has 0 aromatic heterocycles. The van der Waals surface area contributed by atoms with Crippen LogP contribution >= 0.6 is 11.8 Å². The third kappa shape index (κ3) is 6.00. The third-order valence-electron chi connectivity index (χ3n) is 3.27. The van der Waals surface area contributed by atoms with Crippen molar-refractivity contribution >= 4 is 23.8 Å². The average molecular weight is 286 g/mol. The summed E-state index contributed by atoms with van der Waals surface area (Å²) < 4.78 is 0. The molecule has 0 saturated heterocycles. The number of rotatable bonds is 8. The van der Waals surface area contributed by atoms with E-state index in [2.05, 4.69) is 17.2 Å². The molecule has 1 fully saturated rings. The summed E-state index contributed by atoms with van der Waals surface area (Å²) in [5.74, 6) is 0.749. The number of carbonyl (C=O) groups excluding carboxylic acids is 1. The zero-order chi connectivity index (χ0) is 14.1. The highest BCUT2D eigenvalue weighted by atomic mass is 32.2. The molecular formula is C13H22N2O3S. The first kappa shape index (κ1) is 15.9. The van der Waals surface area contributed by atoms with Crippen LogP contribution in [0.4, 0.5) is 4.79 Å². The molecular weight excluding hydrogens is 264 g/mol. The zero-order valence-corrected chi connectivity index (χ0v) is 11.9. The molecule has 0 aliphatic heterocycles. The summed E-state index contributed by atoms with van der Waals surface area (Å²) in [5.41, 5.74) is 0. The molecule has 1 saturated carbocycles. The molecule has 0 spiro atoms. The lowest BCUT2D eigenvalue weighted by Crippen LogP contribution is -2.40. The van der Waals surface area contributed by atoms with E-state index in [1.54, 1.807) is 11.8 Å². The van der Waals surface area contributed by atoms with Gasteiger partial charge < -0.3 is 15.7 Å². The van der Waals surface area contributed by atoms with Crippen molar-refractivity contribution in [2.75, 3.05) is 24.6 Å². The normalized spacial score (nSPS) is 21.9. The maximum atomic E-state index is 11.5. The Balaban J connectivity index is 2.12. The number of aliphatic carboxylic acids is 1. The van der Waals surface area contributed by atoms with Crippen molar-refractivity contribution in [1.29, 1.82) is 0 Å². The number of carbonyl (C=O) groups is 2. The van der Waals surface area contributed by atoms with Gasteiger partial charge in [-0.3, -0.25) is 4.79 Å². The third-order valence-corrected chi connectivity index (χ3v) is 4.23. The van der Waals surface area contributed by atoms with Crippen molar-refractivity contribution in [3.8, 4) is 0 Å². The zero-order valence-electron chi connectivity index (χ0n) is 11.1. The molecule has 2 amide bonds. The highest BCUT2D eigenvalue weighted by Gasteiger charge is 2.32. The van der Waals surface area contributed by atoms with Gasteiger partial charge in [0.15, 0.2) is 0 Å². The van der Waals surface area contributed by atoms with Gasteiger partial charge in [-0.15, -0.1) is 6.58 Å². The van der Waals surface area contributed by atoms with Gasteiger partial charge in [-0.2, -0.15) is 11.8 Å². The number of urea groups is 1. The Kier molecular flexibility index (Phi) is 7.40. The summed E-state index contributed by atoms with van der Waals surface area (Å²) in [5, 5.41) is 14.5. The molecule has 2 atom stereocenters. The number of nitrogens with one attached hydrogen (secondary N) is 2. The second-order valence-corrected chi connectivity index (χ2v) is 5.79. The maximum Gasteiger partial charge on any atom is 0.314 e. The molecule has 0 heterocycles. The van der Waals surface area contributed by atoms with Crippen molar-refractivity contribution in [3.63, 3.8) is 0 Å². The van der Waals surface area contributed by atoms with Gasteiger partial charge >= 0.3 is 12.0 Å². The van der Waals surface area contributed by atoms with E-state index >= 15 is 0 Å². The van der Waals surface area contributed by atoms with Crippen LogP contribution in [0, 0.1) is 11.8 Å². The number of carboxylic acid groups (broad SMARTS) is 1. The van der Waals surface area contributed by atoms with Gasteiger partial charge in [-0.25, -0.2) is 4.79 Å². The molecule has 3 N–H and O–H groups in total. The topological polar surface area (TPSA) is 78.4 Å². The molecule has 6 heteroatoms. The summed E-state index contributed by atoms with van der Waals surface area (Å²) in [7, 11) is 0.